The van der Waals surface area contributed by atoms with E-state index in [1.165, 1.54) is 0 Å². The predicted molar refractivity (Wildman–Crippen MR) is 128 cm³/mol. The number of rotatable bonds is 6. The van der Waals surface area contributed by atoms with E-state index in [2.05, 4.69) is 16.9 Å². The third-order valence-corrected chi connectivity index (χ3v) is 4.98. The van der Waals surface area contributed by atoms with Gasteiger partial charge in [-0.2, -0.15) is 0 Å². The van der Waals surface area contributed by atoms with Crippen molar-refractivity contribution in [2.45, 2.75) is 46.1 Å². The first-order chi connectivity index (χ1) is 13.9. The zero-order valence-corrected chi connectivity index (χ0v) is 19.8. The van der Waals surface area contributed by atoms with Gasteiger partial charge in [-0.25, -0.2) is 4.98 Å². The SMILES string of the molecule is C/C=C(\C=C/CC)N1C(=O)C=C(c2c(N(C)C)ccnc2SC)CN=C1C.CC. The summed E-state index contributed by atoms with van der Waals surface area (Å²) in [6.45, 7) is 10.3. The monoisotopic (exact) mass is 414 g/mol. The molecule has 2 heterocycles. The van der Waals surface area contributed by atoms with Gasteiger partial charge >= 0.3 is 0 Å². The summed E-state index contributed by atoms with van der Waals surface area (Å²) in [5.74, 6) is 0.610. The van der Waals surface area contributed by atoms with Crippen molar-refractivity contribution in [1.29, 1.82) is 0 Å². The van der Waals surface area contributed by atoms with Crippen LogP contribution in [-0.2, 0) is 4.79 Å². The average molecular weight is 415 g/mol. The minimum absolute atomic E-state index is 0.0850. The Labute approximate surface area is 180 Å². The topological polar surface area (TPSA) is 48.8 Å². The van der Waals surface area contributed by atoms with E-state index < -0.39 is 0 Å². The number of carbonyl (C=O) groups excluding carboxylic acids is 1. The first-order valence-corrected chi connectivity index (χ1v) is 11.3. The summed E-state index contributed by atoms with van der Waals surface area (Å²) >= 11 is 1.58. The number of pyridine rings is 1. The average Bonchev–Trinajstić information content (AvgIpc) is 2.88. The van der Waals surface area contributed by atoms with Crippen molar-refractivity contribution in [2.75, 3.05) is 31.8 Å². The highest BCUT2D eigenvalue weighted by Crippen LogP contribution is 2.34. The Morgan fingerprint density at radius 3 is 2.59 bits per heavy atom. The van der Waals surface area contributed by atoms with Gasteiger partial charge in [0, 0.05) is 43.3 Å². The third-order valence-electron chi connectivity index (χ3n) is 4.29. The molecular weight excluding hydrogens is 380 g/mol. The summed E-state index contributed by atoms with van der Waals surface area (Å²) in [5.41, 5.74) is 3.74. The summed E-state index contributed by atoms with van der Waals surface area (Å²) in [5, 5.41) is 0.902. The van der Waals surface area contributed by atoms with Crippen LogP contribution >= 0.6 is 11.8 Å². The van der Waals surface area contributed by atoms with Gasteiger partial charge in [0.15, 0.2) is 0 Å². The molecule has 0 radical (unpaired) electrons. The Kier molecular flexibility index (Phi) is 10.5. The number of aliphatic imine (C=N–C) groups is 1. The number of carbonyl (C=O) groups is 1. The van der Waals surface area contributed by atoms with Gasteiger partial charge in [0.2, 0.25) is 0 Å². The second kappa shape index (κ2) is 12.3. The molecule has 0 aliphatic carbocycles. The van der Waals surface area contributed by atoms with Gasteiger partial charge in [0.1, 0.15) is 10.9 Å². The molecule has 0 unspecified atom stereocenters. The molecule has 1 aromatic rings. The number of hydrogen-bond donors (Lipinski definition) is 0. The second-order valence-electron chi connectivity index (χ2n) is 6.34. The lowest BCUT2D eigenvalue weighted by Gasteiger charge is -2.21. The number of amidine groups is 1. The second-order valence-corrected chi connectivity index (χ2v) is 7.13. The molecule has 0 saturated heterocycles. The number of allylic oxidation sites excluding steroid dienone is 3. The Morgan fingerprint density at radius 1 is 1.34 bits per heavy atom. The van der Waals surface area contributed by atoms with E-state index >= 15 is 0 Å². The van der Waals surface area contributed by atoms with E-state index in [0.29, 0.717) is 12.4 Å². The maximum Gasteiger partial charge on any atom is 0.256 e. The summed E-state index contributed by atoms with van der Waals surface area (Å²) in [6.07, 6.45) is 12.4. The molecule has 158 valence electrons. The lowest BCUT2D eigenvalue weighted by atomic mass is 10.0. The number of thioether (sulfide) groups is 1. The largest absolute Gasteiger partial charge is 0.377 e. The molecule has 0 aromatic carbocycles. The van der Waals surface area contributed by atoms with E-state index in [1.54, 1.807) is 28.9 Å². The number of anilines is 1. The lowest BCUT2D eigenvalue weighted by molar-refractivity contribution is -0.120. The molecule has 0 bridgehead atoms. The van der Waals surface area contributed by atoms with Crippen molar-refractivity contribution >= 4 is 34.8 Å². The maximum absolute atomic E-state index is 13.1. The fraction of sp³-hybridized carbons (Fsp3) is 0.435. The zero-order chi connectivity index (χ0) is 22.0. The van der Waals surface area contributed by atoms with Crippen molar-refractivity contribution in [3.63, 3.8) is 0 Å². The van der Waals surface area contributed by atoms with Gasteiger partial charge in [-0.15, -0.1) is 11.8 Å². The van der Waals surface area contributed by atoms with E-state index in [9.17, 15) is 4.79 Å². The van der Waals surface area contributed by atoms with Crippen molar-refractivity contribution in [3.8, 4) is 0 Å². The van der Waals surface area contributed by atoms with E-state index in [1.807, 2.05) is 77.2 Å². The fourth-order valence-electron chi connectivity index (χ4n) is 2.96. The first kappa shape index (κ1) is 24.7. The molecule has 1 aliphatic heterocycles. The highest BCUT2D eigenvalue weighted by Gasteiger charge is 2.24. The van der Waals surface area contributed by atoms with Crippen LogP contribution in [0.1, 0.15) is 46.6 Å². The van der Waals surface area contributed by atoms with Crippen LogP contribution in [0.25, 0.3) is 5.57 Å². The van der Waals surface area contributed by atoms with Gasteiger partial charge in [0.25, 0.3) is 5.91 Å². The number of hydrogen-bond acceptors (Lipinski definition) is 5. The highest BCUT2D eigenvalue weighted by atomic mass is 32.2. The zero-order valence-electron chi connectivity index (χ0n) is 19.0. The van der Waals surface area contributed by atoms with Crippen molar-refractivity contribution in [1.82, 2.24) is 9.88 Å². The Morgan fingerprint density at radius 2 is 2.03 bits per heavy atom. The molecule has 2 rings (SSSR count). The van der Waals surface area contributed by atoms with E-state index in [4.69, 9.17) is 0 Å². The molecule has 0 N–H and O–H groups in total. The smallest absolute Gasteiger partial charge is 0.256 e. The van der Waals surface area contributed by atoms with Crippen LogP contribution in [0.15, 0.2) is 52.3 Å². The minimum atomic E-state index is -0.0850. The normalized spacial score (nSPS) is 14.8. The van der Waals surface area contributed by atoms with Crippen LogP contribution in [0.2, 0.25) is 0 Å². The number of amides is 1. The third kappa shape index (κ3) is 6.07. The molecule has 1 aliphatic rings. The molecule has 0 fully saturated rings. The Bertz CT molecular complexity index is 822. The van der Waals surface area contributed by atoms with Gasteiger partial charge in [-0.05, 0) is 44.2 Å². The van der Waals surface area contributed by atoms with Crippen molar-refractivity contribution in [2.24, 2.45) is 4.99 Å². The van der Waals surface area contributed by atoms with Crippen molar-refractivity contribution < 1.29 is 4.79 Å². The highest BCUT2D eigenvalue weighted by molar-refractivity contribution is 7.98. The van der Waals surface area contributed by atoms with E-state index in [0.717, 1.165) is 34.0 Å². The minimum Gasteiger partial charge on any atom is -0.377 e. The van der Waals surface area contributed by atoms with Gasteiger partial charge in [-0.3, -0.25) is 14.7 Å². The molecule has 0 atom stereocenters. The van der Waals surface area contributed by atoms with Crippen LogP contribution < -0.4 is 4.90 Å². The quantitative estimate of drug-likeness (QED) is 0.461. The van der Waals surface area contributed by atoms with Crippen LogP contribution in [0.5, 0.6) is 0 Å². The summed E-state index contributed by atoms with van der Waals surface area (Å²) in [6, 6.07) is 1.97. The molecule has 1 amide bonds. The van der Waals surface area contributed by atoms with E-state index in [-0.39, 0.29) is 5.91 Å². The van der Waals surface area contributed by atoms with Gasteiger partial charge in [0.05, 0.1) is 6.54 Å². The molecule has 0 spiro atoms. The van der Waals surface area contributed by atoms with Crippen LogP contribution in [0.3, 0.4) is 0 Å². The van der Waals surface area contributed by atoms with Gasteiger partial charge in [-0.1, -0.05) is 32.9 Å². The van der Waals surface area contributed by atoms with Crippen LogP contribution in [-0.4, -0.2) is 48.5 Å². The molecule has 1 aromatic heterocycles. The standard InChI is InChI=1S/C21H28N4OS.C2H6/c1-7-9-10-17(8-2)25-15(3)23-14-16(13-19(25)26)20-18(24(4)5)11-12-22-21(20)27-6;1-2/h8-13H,7,14H2,1-6H3;1-2H3/b10-9-,17-8+;. The number of aromatic nitrogens is 1. The summed E-state index contributed by atoms with van der Waals surface area (Å²) < 4.78 is 0. The number of nitrogens with zero attached hydrogens (tertiary/aromatic N) is 4. The van der Waals surface area contributed by atoms with Crippen molar-refractivity contribution in [3.05, 3.63) is 47.8 Å². The summed E-state index contributed by atoms with van der Waals surface area (Å²) in [4.78, 5) is 26.0. The molecular formula is C23H34N4OS. The first-order valence-electron chi connectivity index (χ1n) is 10.0. The Balaban J connectivity index is 0.00000204. The molecule has 0 saturated carbocycles. The van der Waals surface area contributed by atoms with Crippen LogP contribution in [0.4, 0.5) is 5.69 Å². The molecule has 5 nitrogen and oxygen atoms in total. The van der Waals surface area contributed by atoms with Gasteiger partial charge < -0.3 is 4.90 Å². The summed E-state index contributed by atoms with van der Waals surface area (Å²) in [7, 11) is 3.99. The molecule has 6 heteroatoms. The predicted octanol–water partition coefficient (Wildman–Crippen LogP) is 5.41. The Hall–Kier alpha value is -2.34. The lowest BCUT2D eigenvalue weighted by Crippen LogP contribution is -2.32. The fourth-order valence-corrected chi connectivity index (χ4v) is 3.56. The molecule has 29 heavy (non-hydrogen) atoms. The van der Waals surface area contributed by atoms with Crippen LogP contribution in [0, 0.1) is 0 Å². The maximum atomic E-state index is 13.1.